The first-order valence-electron chi connectivity index (χ1n) is 8.00. The Morgan fingerprint density at radius 1 is 1.05 bits per heavy atom. The monoisotopic (exact) mass is 274 g/mol. The first kappa shape index (κ1) is 19.0. The molecule has 0 heteroatoms. The van der Waals surface area contributed by atoms with Crippen LogP contribution in [-0.2, 0) is 0 Å². The Morgan fingerprint density at radius 2 is 1.70 bits per heavy atom. The van der Waals surface area contributed by atoms with E-state index in [1.165, 1.54) is 30.4 Å². The molecule has 1 unspecified atom stereocenters. The molecule has 0 saturated carbocycles. The topological polar surface area (TPSA) is 0 Å². The van der Waals surface area contributed by atoms with Crippen LogP contribution >= 0.6 is 0 Å². The minimum Gasteiger partial charge on any atom is -0.103 e. The maximum absolute atomic E-state index is 4.05. The van der Waals surface area contributed by atoms with Crippen LogP contribution in [0.3, 0.4) is 0 Å². The predicted octanol–water partition coefficient (Wildman–Crippen LogP) is 7.01. The molecule has 0 nitrogen and oxygen atoms in total. The zero-order chi connectivity index (χ0) is 15.5. The molecule has 0 spiro atoms. The normalized spacial score (nSPS) is 13.4. The quantitative estimate of drug-likeness (QED) is 0.376. The van der Waals surface area contributed by atoms with Crippen molar-refractivity contribution in [3.63, 3.8) is 0 Å². The Labute approximate surface area is 127 Å². The Hall–Kier alpha value is -1.04. The van der Waals surface area contributed by atoms with E-state index < -0.39 is 0 Å². The molecule has 0 radical (unpaired) electrons. The summed E-state index contributed by atoms with van der Waals surface area (Å²) >= 11 is 0. The molecule has 0 fully saturated rings. The fraction of sp³-hybridized carbons (Fsp3) is 0.600. The zero-order valence-electron chi connectivity index (χ0n) is 14.4. The molecule has 0 saturated heterocycles. The van der Waals surface area contributed by atoms with Gasteiger partial charge >= 0.3 is 0 Å². The molecule has 0 N–H and O–H groups in total. The molecule has 0 aliphatic carbocycles. The van der Waals surface area contributed by atoms with Gasteiger partial charge in [0.05, 0.1) is 0 Å². The molecule has 0 aromatic carbocycles. The maximum Gasteiger partial charge on any atom is -0.0133 e. The third-order valence-electron chi connectivity index (χ3n) is 3.63. The third kappa shape index (κ3) is 8.96. The molecule has 0 amide bonds. The zero-order valence-corrected chi connectivity index (χ0v) is 14.4. The van der Waals surface area contributed by atoms with E-state index in [1.807, 2.05) is 0 Å². The summed E-state index contributed by atoms with van der Waals surface area (Å²) in [6.07, 6.45) is 11.4. The van der Waals surface area contributed by atoms with Gasteiger partial charge in [0.25, 0.3) is 0 Å². The summed E-state index contributed by atoms with van der Waals surface area (Å²) in [5.41, 5.74) is 5.98. The molecule has 0 aliphatic rings. The second-order valence-electron chi connectivity index (χ2n) is 6.32. The summed E-state index contributed by atoms with van der Waals surface area (Å²) in [6.45, 7) is 19.0. The molecular weight excluding hydrogens is 240 g/mol. The minimum atomic E-state index is 0.562. The van der Waals surface area contributed by atoms with Crippen molar-refractivity contribution in [2.75, 3.05) is 0 Å². The van der Waals surface area contributed by atoms with Crippen LogP contribution in [0, 0.1) is 5.92 Å². The first-order chi connectivity index (χ1) is 9.40. The molecule has 0 aromatic heterocycles. The van der Waals surface area contributed by atoms with E-state index in [-0.39, 0.29) is 0 Å². The standard InChI is InChI=1S/C20H34/c1-8-10-19(13-11-16(3)4)20(14-12-17(5)6)15-18(7)9-2/h9,12,18H,2-3,8,10-11,13-15H2,1,4-7H3/b20-19-. The Bertz CT molecular complexity index is 361. The highest BCUT2D eigenvalue weighted by Gasteiger charge is 2.09. The second-order valence-corrected chi connectivity index (χ2v) is 6.32. The van der Waals surface area contributed by atoms with Crippen LogP contribution in [0.2, 0.25) is 0 Å². The molecule has 0 rings (SSSR count). The maximum atomic E-state index is 4.05. The van der Waals surface area contributed by atoms with Crippen LogP contribution in [0.5, 0.6) is 0 Å². The molecule has 0 aromatic rings. The summed E-state index contributed by atoms with van der Waals surface area (Å²) in [7, 11) is 0. The van der Waals surface area contributed by atoms with Gasteiger partial charge in [0, 0.05) is 0 Å². The minimum absolute atomic E-state index is 0.562. The summed E-state index contributed by atoms with van der Waals surface area (Å²) < 4.78 is 0. The fourth-order valence-corrected chi connectivity index (χ4v) is 2.32. The average Bonchev–Trinajstić information content (AvgIpc) is 2.38. The van der Waals surface area contributed by atoms with Crippen LogP contribution in [0.25, 0.3) is 0 Å². The van der Waals surface area contributed by atoms with E-state index >= 15 is 0 Å². The van der Waals surface area contributed by atoms with Crippen LogP contribution in [-0.4, -0.2) is 0 Å². The lowest BCUT2D eigenvalue weighted by atomic mass is 9.89. The van der Waals surface area contributed by atoms with Crippen molar-refractivity contribution in [3.8, 4) is 0 Å². The van der Waals surface area contributed by atoms with Gasteiger partial charge in [-0.25, -0.2) is 0 Å². The molecule has 0 aliphatic heterocycles. The van der Waals surface area contributed by atoms with Crippen molar-refractivity contribution < 1.29 is 0 Å². The van der Waals surface area contributed by atoms with Crippen LogP contribution < -0.4 is 0 Å². The van der Waals surface area contributed by atoms with E-state index in [2.05, 4.69) is 59.9 Å². The molecule has 20 heavy (non-hydrogen) atoms. The van der Waals surface area contributed by atoms with Crippen molar-refractivity contribution in [1.29, 1.82) is 0 Å². The molecule has 1 atom stereocenters. The predicted molar refractivity (Wildman–Crippen MR) is 94.0 cm³/mol. The number of hydrogen-bond acceptors (Lipinski definition) is 0. The molecule has 0 heterocycles. The van der Waals surface area contributed by atoms with E-state index in [0.717, 1.165) is 19.3 Å². The summed E-state index contributed by atoms with van der Waals surface area (Å²) in [5.74, 6) is 0.562. The number of allylic oxidation sites excluding steroid dienone is 6. The Balaban J connectivity index is 5.17. The van der Waals surface area contributed by atoms with Crippen molar-refractivity contribution in [2.45, 2.75) is 73.1 Å². The Morgan fingerprint density at radius 3 is 2.15 bits per heavy atom. The van der Waals surface area contributed by atoms with Gasteiger partial charge in [0.1, 0.15) is 0 Å². The first-order valence-corrected chi connectivity index (χ1v) is 8.00. The third-order valence-corrected chi connectivity index (χ3v) is 3.63. The van der Waals surface area contributed by atoms with Crippen LogP contribution in [0.15, 0.2) is 47.6 Å². The van der Waals surface area contributed by atoms with Crippen molar-refractivity contribution in [3.05, 3.63) is 47.6 Å². The number of hydrogen-bond donors (Lipinski definition) is 0. The Kier molecular flexibility index (Phi) is 10.2. The summed E-state index contributed by atoms with van der Waals surface area (Å²) in [6, 6.07) is 0. The molecule has 114 valence electrons. The van der Waals surface area contributed by atoms with Crippen LogP contribution in [0.1, 0.15) is 73.1 Å². The molecule has 0 bridgehead atoms. The highest BCUT2D eigenvalue weighted by molar-refractivity contribution is 5.20. The lowest BCUT2D eigenvalue weighted by molar-refractivity contribution is 0.679. The van der Waals surface area contributed by atoms with Gasteiger partial charge in [-0.1, -0.05) is 54.7 Å². The van der Waals surface area contributed by atoms with E-state index in [0.29, 0.717) is 5.92 Å². The van der Waals surface area contributed by atoms with E-state index in [1.54, 1.807) is 11.1 Å². The molecular formula is C20H34. The van der Waals surface area contributed by atoms with Crippen molar-refractivity contribution in [2.24, 2.45) is 5.92 Å². The average molecular weight is 274 g/mol. The van der Waals surface area contributed by atoms with Crippen molar-refractivity contribution in [1.82, 2.24) is 0 Å². The van der Waals surface area contributed by atoms with Gasteiger partial charge < -0.3 is 0 Å². The van der Waals surface area contributed by atoms with Gasteiger partial charge in [-0.05, 0) is 58.8 Å². The summed E-state index contributed by atoms with van der Waals surface area (Å²) in [5, 5.41) is 0. The van der Waals surface area contributed by atoms with Gasteiger partial charge in [-0.3, -0.25) is 0 Å². The fourth-order valence-electron chi connectivity index (χ4n) is 2.32. The van der Waals surface area contributed by atoms with Crippen LogP contribution in [0.4, 0.5) is 0 Å². The van der Waals surface area contributed by atoms with Gasteiger partial charge in [0.2, 0.25) is 0 Å². The van der Waals surface area contributed by atoms with E-state index in [4.69, 9.17) is 0 Å². The lowest BCUT2D eigenvalue weighted by Gasteiger charge is -2.17. The largest absolute Gasteiger partial charge is 0.103 e. The van der Waals surface area contributed by atoms with Gasteiger partial charge in [0.15, 0.2) is 0 Å². The SMILES string of the molecule is C=CC(C)C/C(CC=C(C)C)=C(/CCC)CCC(=C)C. The lowest BCUT2D eigenvalue weighted by Crippen LogP contribution is -1.99. The highest BCUT2D eigenvalue weighted by Crippen LogP contribution is 2.27. The smallest absolute Gasteiger partial charge is 0.0133 e. The second kappa shape index (κ2) is 10.7. The highest BCUT2D eigenvalue weighted by atomic mass is 14.1. The number of rotatable bonds is 10. The van der Waals surface area contributed by atoms with E-state index in [9.17, 15) is 0 Å². The van der Waals surface area contributed by atoms with Gasteiger partial charge in [-0.15, -0.1) is 13.2 Å². The van der Waals surface area contributed by atoms with Crippen molar-refractivity contribution >= 4 is 0 Å². The van der Waals surface area contributed by atoms with Gasteiger partial charge in [-0.2, -0.15) is 0 Å². The summed E-state index contributed by atoms with van der Waals surface area (Å²) in [4.78, 5) is 0.